The summed E-state index contributed by atoms with van der Waals surface area (Å²) in [6.45, 7) is 0. The fraction of sp³-hybridized carbons (Fsp3) is 0.167. The van der Waals surface area contributed by atoms with Crippen molar-refractivity contribution in [2.75, 3.05) is 19.0 Å². The quantitative estimate of drug-likeness (QED) is 0.856. The number of anilines is 1. The average Bonchev–Trinajstić information content (AvgIpc) is 2.35. The summed E-state index contributed by atoms with van der Waals surface area (Å²) in [5.74, 6) is 0.965. The Balaban J connectivity index is 2.31. The Hall–Kier alpha value is -1.57. The fourth-order valence-corrected chi connectivity index (χ4v) is 1.78. The van der Waals surface area contributed by atoms with Gasteiger partial charge in [-0.25, -0.2) is 4.98 Å². The molecule has 0 unspecified atom stereocenters. The lowest BCUT2D eigenvalue weighted by Crippen LogP contribution is -2.11. The molecule has 0 spiro atoms. The van der Waals surface area contributed by atoms with E-state index in [1.165, 1.54) is 6.33 Å². The van der Waals surface area contributed by atoms with Gasteiger partial charge in [0.1, 0.15) is 9.32 Å². The first kappa shape index (κ1) is 12.9. The van der Waals surface area contributed by atoms with Crippen molar-refractivity contribution in [2.45, 2.75) is 0 Å². The monoisotopic (exact) mass is 357 g/mol. The summed E-state index contributed by atoms with van der Waals surface area (Å²) in [5.41, 5.74) is 0.816. The Morgan fingerprint density at radius 2 is 2.17 bits per heavy atom. The van der Waals surface area contributed by atoms with Gasteiger partial charge in [0.25, 0.3) is 5.56 Å². The van der Waals surface area contributed by atoms with Crippen molar-refractivity contribution < 1.29 is 4.74 Å². The molecule has 0 aliphatic rings. The molecule has 0 bridgehead atoms. The maximum absolute atomic E-state index is 11.4. The van der Waals surface area contributed by atoms with Crippen LogP contribution in [0.5, 0.6) is 11.6 Å². The minimum absolute atomic E-state index is 0.204. The van der Waals surface area contributed by atoms with Crippen LogP contribution in [0.15, 0.2) is 35.4 Å². The molecule has 1 aromatic carbocycles. The Morgan fingerprint density at radius 1 is 1.39 bits per heavy atom. The number of nitrogens with zero attached hydrogens (tertiary/aromatic N) is 2. The van der Waals surface area contributed by atoms with Crippen LogP contribution >= 0.6 is 22.6 Å². The highest BCUT2D eigenvalue weighted by molar-refractivity contribution is 14.1. The van der Waals surface area contributed by atoms with E-state index in [-0.39, 0.29) is 5.56 Å². The summed E-state index contributed by atoms with van der Waals surface area (Å²) < 4.78 is 6.05. The van der Waals surface area contributed by atoms with Crippen LogP contribution in [0.1, 0.15) is 0 Å². The van der Waals surface area contributed by atoms with E-state index in [9.17, 15) is 4.79 Å². The van der Waals surface area contributed by atoms with Gasteiger partial charge < -0.3 is 14.6 Å². The molecule has 2 rings (SSSR count). The van der Waals surface area contributed by atoms with Crippen molar-refractivity contribution >= 4 is 28.3 Å². The largest absolute Gasteiger partial charge is 0.438 e. The number of aromatic nitrogens is 2. The highest BCUT2D eigenvalue weighted by Gasteiger charge is 2.08. The summed E-state index contributed by atoms with van der Waals surface area (Å²) in [7, 11) is 3.91. The Labute approximate surface area is 118 Å². The van der Waals surface area contributed by atoms with Crippen LogP contribution in [-0.2, 0) is 0 Å². The van der Waals surface area contributed by atoms with Gasteiger partial charge in [0.2, 0.25) is 5.88 Å². The molecule has 0 atom stereocenters. The van der Waals surface area contributed by atoms with Crippen molar-refractivity contribution in [2.24, 2.45) is 0 Å². The first-order valence-corrected chi connectivity index (χ1v) is 6.34. The number of rotatable bonds is 3. The van der Waals surface area contributed by atoms with Crippen molar-refractivity contribution in [3.8, 4) is 11.6 Å². The third-order valence-corrected chi connectivity index (χ3v) is 3.26. The zero-order valence-corrected chi connectivity index (χ0v) is 12.1. The molecule has 0 fully saturated rings. The van der Waals surface area contributed by atoms with Crippen LogP contribution in [0, 0.1) is 3.57 Å². The summed E-state index contributed by atoms with van der Waals surface area (Å²) in [5, 5.41) is 0. The molecule has 5 nitrogen and oxygen atoms in total. The summed E-state index contributed by atoms with van der Waals surface area (Å²) >= 11 is 1.91. The van der Waals surface area contributed by atoms with E-state index < -0.39 is 0 Å². The molecular formula is C12H12IN3O2. The minimum atomic E-state index is -0.204. The van der Waals surface area contributed by atoms with Gasteiger partial charge in [-0.2, -0.15) is 0 Å². The first-order valence-electron chi connectivity index (χ1n) is 5.26. The SMILES string of the molecule is CN(C)c1cccc(Oc2nc[nH]c(=O)c2I)c1. The van der Waals surface area contributed by atoms with E-state index in [0.29, 0.717) is 15.2 Å². The molecule has 0 amide bonds. The number of hydrogen-bond acceptors (Lipinski definition) is 4. The highest BCUT2D eigenvalue weighted by atomic mass is 127. The molecule has 1 aromatic heterocycles. The Kier molecular flexibility index (Phi) is 3.85. The number of benzene rings is 1. The van der Waals surface area contributed by atoms with E-state index in [1.54, 1.807) is 0 Å². The zero-order valence-electron chi connectivity index (χ0n) is 9.98. The molecular weight excluding hydrogens is 345 g/mol. The van der Waals surface area contributed by atoms with Crippen molar-refractivity contribution in [1.82, 2.24) is 9.97 Å². The first-order chi connectivity index (χ1) is 8.58. The fourth-order valence-electron chi connectivity index (χ4n) is 1.37. The number of aromatic amines is 1. The standard InChI is InChI=1S/C12H12IN3O2/c1-16(2)8-4-3-5-9(6-8)18-12-10(13)11(17)14-7-15-12/h3-7H,1-2H3,(H,14,15,17). The van der Waals surface area contributed by atoms with Gasteiger partial charge >= 0.3 is 0 Å². The molecule has 1 heterocycles. The van der Waals surface area contributed by atoms with E-state index in [0.717, 1.165) is 5.69 Å². The van der Waals surface area contributed by atoms with E-state index in [2.05, 4.69) is 9.97 Å². The number of halogens is 1. The Morgan fingerprint density at radius 3 is 2.89 bits per heavy atom. The minimum Gasteiger partial charge on any atom is -0.438 e. The van der Waals surface area contributed by atoms with Gasteiger partial charge in [-0.15, -0.1) is 0 Å². The topological polar surface area (TPSA) is 58.2 Å². The lowest BCUT2D eigenvalue weighted by molar-refractivity contribution is 0.456. The van der Waals surface area contributed by atoms with Gasteiger partial charge in [-0.1, -0.05) is 6.07 Å². The van der Waals surface area contributed by atoms with Crippen LogP contribution in [0.3, 0.4) is 0 Å². The van der Waals surface area contributed by atoms with Crippen LogP contribution in [0.4, 0.5) is 5.69 Å². The van der Waals surface area contributed by atoms with Gasteiger partial charge in [-0.05, 0) is 34.7 Å². The highest BCUT2D eigenvalue weighted by Crippen LogP contribution is 2.25. The molecule has 6 heteroatoms. The maximum Gasteiger partial charge on any atom is 0.268 e. The molecule has 0 saturated heterocycles. The molecule has 18 heavy (non-hydrogen) atoms. The third kappa shape index (κ3) is 2.81. The van der Waals surface area contributed by atoms with E-state index in [1.807, 2.05) is 65.9 Å². The third-order valence-electron chi connectivity index (χ3n) is 2.31. The van der Waals surface area contributed by atoms with Gasteiger partial charge in [0.15, 0.2) is 0 Å². The number of H-pyrrole nitrogens is 1. The van der Waals surface area contributed by atoms with Crippen LogP contribution in [-0.4, -0.2) is 24.1 Å². The van der Waals surface area contributed by atoms with Crippen molar-refractivity contribution in [3.63, 3.8) is 0 Å². The van der Waals surface area contributed by atoms with E-state index in [4.69, 9.17) is 4.74 Å². The predicted octanol–water partition coefficient (Wildman–Crippen LogP) is 2.23. The summed E-state index contributed by atoms with van der Waals surface area (Å²) in [4.78, 5) is 19.9. The van der Waals surface area contributed by atoms with Crippen LogP contribution < -0.4 is 15.2 Å². The Bertz CT molecular complexity index is 610. The van der Waals surface area contributed by atoms with Gasteiger partial charge in [0.05, 0.1) is 6.33 Å². The maximum atomic E-state index is 11.4. The predicted molar refractivity (Wildman–Crippen MR) is 78.4 cm³/mol. The number of hydrogen-bond donors (Lipinski definition) is 1. The van der Waals surface area contributed by atoms with E-state index >= 15 is 0 Å². The molecule has 0 aliphatic carbocycles. The number of nitrogens with one attached hydrogen (secondary N) is 1. The molecule has 1 N–H and O–H groups in total. The molecule has 0 saturated carbocycles. The second kappa shape index (κ2) is 5.38. The molecule has 2 aromatic rings. The lowest BCUT2D eigenvalue weighted by atomic mass is 10.3. The lowest BCUT2D eigenvalue weighted by Gasteiger charge is -2.13. The van der Waals surface area contributed by atoms with Crippen molar-refractivity contribution in [3.05, 3.63) is 44.5 Å². The smallest absolute Gasteiger partial charge is 0.268 e. The van der Waals surface area contributed by atoms with Crippen LogP contribution in [0.2, 0.25) is 0 Å². The second-order valence-corrected chi connectivity index (χ2v) is 4.92. The second-order valence-electron chi connectivity index (χ2n) is 3.84. The van der Waals surface area contributed by atoms with Crippen molar-refractivity contribution in [1.29, 1.82) is 0 Å². The zero-order chi connectivity index (χ0) is 13.1. The van der Waals surface area contributed by atoms with Gasteiger partial charge in [-0.3, -0.25) is 4.79 Å². The molecule has 0 aliphatic heterocycles. The summed E-state index contributed by atoms with van der Waals surface area (Å²) in [6, 6.07) is 7.58. The molecule has 94 valence electrons. The average molecular weight is 357 g/mol. The van der Waals surface area contributed by atoms with Gasteiger partial charge in [0, 0.05) is 25.8 Å². The molecule has 0 radical (unpaired) electrons. The normalized spacial score (nSPS) is 10.2. The summed E-state index contributed by atoms with van der Waals surface area (Å²) in [6.07, 6.45) is 1.33. The number of ether oxygens (including phenoxy) is 1. The van der Waals surface area contributed by atoms with Crippen LogP contribution in [0.25, 0.3) is 0 Å².